The molecule has 3 rings (SSSR count). The van der Waals surface area contributed by atoms with E-state index < -0.39 is 0 Å². The molecule has 3 aromatic rings. The Morgan fingerprint density at radius 2 is 1.92 bits per heavy atom. The van der Waals surface area contributed by atoms with E-state index in [0.29, 0.717) is 17.9 Å². The molecule has 0 radical (unpaired) electrons. The van der Waals surface area contributed by atoms with Gasteiger partial charge in [0.15, 0.2) is 4.80 Å². The molecule has 0 saturated carbocycles. The monoisotopic (exact) mass is 369 g/mol. The van der Waals surface area contributed by atoms with Gasteiger partial charge < -0.3 is 13.9 Å². The van der Waals surface area contributed by atoms with Gasteiger partial charge in [-0.3, -0.25) is 4.79 Å². The van der Waals surface area contributed by atoms with Crippen molar-refractivity contribution in [2.24, 2.45) is 4.99 Å². The molecule has 0 fully saturated rings. The van der Waals surface area contributed by atoms with Crippen LogP contribution in [-0.4, -0.2) is 21.6 Å². The van der Waals surface area contributed by atoms with E-state index in [4.69, 9.17) is 4.74 Å². The maximum Gasteiger partial charge on any atom is 0.283 e. The van der Waals surface area contributed by atoms with Crippen molar-refractivity contribution in [3.05, 3.63) is 70.2 Å². The number of aryl methyl sites for hydroxylation is 3. The quantitative estimate of drug-likeness (QED) is 0.634. The molecule has 0 bridgehead atoms. The number of benzene rings is 1. The van der Waals surface area contributed by atoms with Gasteiger partial charge in [-0.05, 0) is 44.5 Å². The summed E-state index contributed by atoms with van der Waals surface area (Å²) < 4.78 is 9.76. The molecule has 0 spiro atoms. The molecule has 5 nitrogen and oxygen atoms in total. The summed E-state index contributed by atoms with van der Waals surface area (Å²) in [7, 11) is 0. The van der Waals surface area contributed by atoms with Crippen molar-refractivity contribution in [3.8, 4) is 5.75 Å². The highest BCUT2D eigenvalue weighted by molar-refractivity contribution is 7.09. The van der Waals surface area contributed by atoms with E-state index in [-0.39, 0.29) is 5.91 Å². The number of carbonyl (C=O) groups excluding carboxylic acids is 1. The molecule has 136 valence electrons. The van der Waals surface area contributed by atoms with Crippen molar-refractivity contribution in [2.45, 2.75) is 33.4 Å². The predicted molar refractivity (Wildman–Crippen MR) is 104 cm³/mol. The lowest BCUT2D eigenvalue weighted by atomic mass is 10.2. The van der Waals surface area contributed by atoms with Crippen LogP contribution in [0.3, 0.4) is 0 Å². The van der Waals surface area contributed by atoms with Crippen molar-refractivity contribution in [1.82, 2.24) is 9.13 Å². The van der Waals surface area contributed by atoms with Crippen LogP contribution in [0.4, 0.5) is 0 Å². The predicted octanol–water partition coefficient (Wildman–Crippen LogP) is 3.89. The topological polar surface area (TPSA) is 48.5 Å². The van der Waals surface area contributed by atoms with Crippen LogP contribution in [0.5, 0.6) is 5.75 Å². The lowest BCUT2D eigenvalue weighted by molar-refractivity contribution is 0.0994. The minimum Gasteiger partial charge on any atom is -0.493 e. The highest BCUT2D eigenvalue weighted by Gasteiger charge is 2.11. The van der Waals surface area contributed by atoms with Crippen molar-refractivity contribution in [3.63, 3.8) is 0 Å². The van der Waals surface area contributed by atoms with Gasteiger partial charge >= 0.3 is 0 Å². The van der Waals surface area contributed by atoms with E-state index in [1.165, 1.54) is 11.3 Å². The van der Waals surface area contributed by atoms with Crippen molar-refractivity contribution < 1.29 is 9.53 Å². The number of amides is 1. The van der Waals surface area contributed by atoms with Crippen molar-refractivity contribution in [1.29, 1.82) is 0 Å². The fraction of sp³-hybridized carbons (Fsp3) is 0.300. The average molecular weight is 369 g/mol. The first kappa shape index (κ1) is 18.2. The molecule has 0 aliphatic rings. The molecule has 2 aromatic heterocycles. The third-order valence-electron chi connectivity index (χ3n) is 3.93. The van der Waals surface area contributed by atoms with Gasteiger partial charge in [-0.2, -0.15) is 4.99 Å². The smallest absolute Gasteiger partial charge is 0.283 e. The number of rotatable bonds is 7. The summed E-state index contributed by atoms with van der Waals surface area (Å²) in [6.07, 6.45) is 7.15. The van der Waals surface area contributed by atoms with Crippen molar-refractivity contribution >= 4 is 17.2 Å². The molecule has 26 heavy (non-hydrogen) atoms. The summed E-state index contributed by atoms with van der Waals surface area (Å²) in [5.41, 5.74) is 0.499. The first-order valence-electron chi connectivity index (χ1n) is 8.76. The SMILES string of the molecule is CCOc1ccccc1C(=O)N=c1sc(C)cn1CCCn1cccc1. The maximum atomic E-state index is 12.7. The Morgan fingerprint density at radius 1 is 1.15 bits per heavy atom. The van der Waals surface area contributed by atoms with E-state index in [9.17, 15) is 4.79 Å². The minimum absolute atomic E-state index is 0.268. The number of aromatic nitrogens is 2. The summed E-state index contributed by atoms with van der Waals surface area (Å²) in [6.45, 7) is 6.21. The Balaban J connectivity index is 1.79. The van der Waals surface area contributed by atoms with E-state index in [1.807, 2.05) is 38.1 Å². The van der Waals surface area contributed by atoms with Crippen LogP contribution in [0.1, 0.15) is 28.6 Å². The molecule has 6 heteroatoms. The van der Waals surface area contributed by atoms with Crippen LogP contribution in [0.25, 0.3) is 0 Å². The summed E-state index contributed by atoms with van der Waals surface area (Å²) >= 11 is 1.53. The fourth-order valence-corrected chi connectivity index (χ4v) is 3.62. The fourth-order valence-electron chi connectivity index (χ4n) is 2.77. The molecule has 0 saturated heterocycles. The third-order valence-corrected chi connectivity index (χ3v) is 4.87. The molecule has 0 atom stereocenters. The minimum atomic E-state index is -0.268. The number of nitrogens with zero attached hydrogens (tertiary/aromatic N) is 3. The zero-order valence-corrected chi connectivity index (χ0v) is 15.9. The molecule has 0 aliphatic carbocycles. The standard InChI is InChI=1S/C20H23N3O2S/c1-3-25-18-10-5-4-9-17(18)19(24)21-20-23(15-16(2)26-20)14-8-13-22-11-6-7-12-22/h4-7,9-12,15H,3,8,13-14H2,1-2H3. The van der Waals surface area contributed by atoms with Crippen LogP contribution in [-0.2, 0) is 13.1 Å². The summed E-state index contributed by atoms with van der Waals surface area (Å²) in [4.78, 5) is 18.9. The maximum absolute atomic E-state index is 12.7. The number of thiazole rings is 1. The molecule has 0 N–H and O–H groups in total. The summed E-state index contributed by atoms with van der Waals surface area (Å²) in [5, 5.41) is 0. The first-order valence-corrected chi connectivity index (χ1v) is 9.57. The highest BCUT2D eigenvalue weighted by atomic mass is 32.1. The summed E-state index contributed by atoms with van der Waals surface area (Å²) in [5.74, 6) is 0.311. The van der Waals surface area contributed by atoms with Crippen LogP contribution >= 0.6 is 11.3 Å². The van der Waals surface area contributed by atoms with Gasteiger partial charge in [0.05, 0.1) is 12.2 Å². The average Bonchev–Trinajstić information content (AvgIpc) is 3.26. The number of hydrogen-bond acceptors (Lipinski definition) is 3. The van der Waals surface area contributed by atoms with Gasteiger partial charge in [0, 0.05) is 36.6 Å². The Bertz CT molecular complexity index is 923. The van der Waals surface area contributed by atoms with Gasteiger partial charge in [0.1, 0.15) is 5.75 Å². The van der Waals surface area contributed by atoms with Gasteiger partial charge in [-0.25, -0.2) is 0 Å². The van der Waals surface area contributed by atoms with Crippen LogP contribution in [0.2, 0.25) is 0 Å². The second kappa shape index (κ2) is 8.67. The third kappa shape index (κ3) is 4.52. The Labute approximate surface area is 157 Å². The molecule has 0 aliphatic heterocycles. The van der Waals surface area contributed by atoms with Crippen molar-refractivity contribution in [2.75, 3.05) is 6.61 Å². The second-order valence-corrected chi connectivity index (χ2v) is 7.15. The molecule has 1 aromatic carbocycles. The van der Waals surface area contributed by atoms with Crippen LogP contribution in [0.15, 0.2) is 60.0 Å². The zero-order valence-electron chi connectivity index (χ0n) is 15.1. The number of para-hydroxylation sites is 1. The molecule has 0 unspecified atom stereocenters. The lowest BCUT2D eigenvalue weighted by Gasteiger charge is -2.07. The number of carbonyl (C=O) groups is 1. The van der Waals surface area contributed by atoms with Gasteiger partial charge in [-0.1, -0.05) is 12.1 Å². The van der Waals surface area contributed by atoms with E-state index in [1.54, 1.807) is 12.1 Å². The molecular formula is C20H23N3O2S. The molecule has 1 amide bonds. The highest BCUT2D eigenvalue weighted by Crippen LogP contribution is 2.18. The van der Waals surface area contributed by atoms with E-state index >= 15 is 0 Å². The lowest BCUT2D eigenvalue weighted by Crippen LogP contribution is -2.17. The van der Waals surface area contributed by atoms with Gasteiger partial charge in [-0.15, -0.1) is 11.3 Å². The number of hydrogen-bond donors (Lipinski definition) is 0. The Hall–Kier alpha value is -2.60. The zero-order chi connectivity index (χ0) is 18.4. The summed E-state index contributed by atoms with van der Waals surface area (Å²) in [6, 6.07) is 11.3. The first-order chi connectivity index (χ1) is 12.7. The van der Waals surface area contributed by atoms with Crippen LogP contribution < -0.4 is 9.54 Å². The van der Waals surface area contributed by atoms with Gasteiger partial charge in [0.25, 0.3) is 5.91 Å². The Morgan fingerprint density at radius 3 is 2.69 bits per heavy atom. The normalized spacial score (nSPS) is 11.7. The van der Waals surface area contributed by atoms with E-state index in [2.05, 4.69) is 32.7 Å². The molecule has 2 heterocycles. The Kier molecular flexibility index (Phi) is 6.07. The second-order valence-electron chi connectivity index (χ2n) is 5.94. The number of ether oxygens (including phenoxy) is 1. The van der Waals surface area contributed by atoms with Gasteiger partial charge in [0.2, 0.25) is 0 Å². The largest absolute Gasteiger partial charge is 0.493 e. The van der Waals surface area contributed by atoms with E-state index in [0.717, 1.165) is 29.2 Å². The molecular weight excluding hydrogens is 346 g/mol. The van der Waals surface area contributed by atoms with Crippen LogP contribution in [0, 0.1) is 6.92 Å².